The van der Waals surface area contributed by atoms with Gasteiger partial charge >= 0.3 is 0 Å². The van der Waals surface area contributed by atoms with Crippen molar-refractivity contribution in [3.63, 3.8) is 0 Å². The highest BCUT2D eigenvalue weighted by molar-refractivity contribution is 5.56. The Bertz CT molecular complexity index is 481. The van der Waals surface area contributed by atoms with E-state index in [0.29, 0.717) is 17.2 Å². The molecular formula is C12H13FN2O. The molecule has 1 aromatic heterocycles. The standard InChI is InChI=1S/C12H13FN2O/c1-8(14-2)12-15-7-11(16-12)9-5-3-4-6-10(9)13/h3-8,14H,1-2H3. The van der Waals surface area contributed by atoms with Gasteiger partial charge in [0.2, 0.25) is 5.89 Å². The number of nitrogens with zero attached hydrogens (tertiary/aromatic N) is 1. The summed E-state index contributed by atoms with van der Waals surface area (Å²) < 4.78 is 19.0. The Hall–Kier alpha value is -1.68. The topological polar surface area (TPSA) is 38.1 Å². The number of rotatable bonds is 3. The third-order valence-electron chi connectivity index (χ3n) is 2.47. The zero-order valence-electron chi connectivity index (χ0n) is 9.20. The molecule has 1 atom stereocenters. The van der Waals surface area contributed by atoms with Crippen LogP contribution in [-0.2, 0) is 0 Å². The highest BCUT2D eigenvalue weighted by Crippen LogP contribution is 2.24. The first-order valence-corrected chi connectivity index (χ1v) is 5.10. The van der Waals surface area contributed by atoms with Crippen LogP contribution < -0.4 is 5.32 Å². The fourth-order valence-corrected chi connectivity index (χ4v) is 1.40. The maximum absolute atomic E-state index is 13.5. The van der Waals surface area contributed by atoms with E-state index in [-0.39, 0.29) is 11.9 Å². The van der Waals surface area contributed by atoms with Gasteiger partial charge in [0, 0.05) is 0 Å². The van der Waals surface area contributed by atoms with Crippen LogP contribution in [0.1, 0.15) is 18.9 Å². The van der Waals surface area contributed by atoms with Crippen LogP contribution in [0.25, 0.3) is 11.3 Å². The Morgan fingerprint density at radius 3 is 2.81 bits per heavy atom. The summed E-state index contributed by atoms with van der Waals surface area (Å²) in [5, 5.41) is 3.01. The monoisotopic (exact) mass is 220 g/mol. The molecule has 0 aliphatic carbocycles. The first kappa shape index (κ1) is 10.8. The second kappa shape index (κ2) is 4.45. The Labute approximate surface area is 93.3 Å². The summed E-state index contributed by atoms with van der Waals surface area (Å²) in [5.41, 5.74) is 0.435. The quantitative estimate of drug-likeness (QED) is 0.864. The van der Waals surface area contributed by atoms with Gasteiger partial charge in [-0.2, -0.15) is 0 Å². The van der Waals surface area contributed by atoms with Gasteiger partial charge in [0.1, 0.15) is 5.82 Å². The van der Waals surface area contributed by atoms with Gasteiger partial charge in [-0.3, -0.25) is 0 Å². The molecule has 1 unspecified atom stereocenters. The first-order chi connectivity index (χ1) is 7.72. The molecule has 16 heavy (non-hydrogen) atoms. The summed E-state index contributed by atoms with van der Waals surface area (Å²) in [7, 11) is 1.82. The van der Waals surface area contributed by atoms with E-state index in [9.17, 15) is 4.39 Å². The van der Waals surface area contributed by atoms with Crippen molar-refractivity contribution in [1.82, 2.24) is 10.3 Å². The van der Waals surface area contributed by atoms with Crippen LogP contribution in [0.15, 0.2) is 34.9 Å². The van der Waals surface area contributed by atoms with Gasteiger partial charge in [0.15, 0.2) is 5.76 Å². The zero-order chi connectivity index (χ0) is 11.5. The number of benzene rings is 1. The van der Waals surface area contributed by atoms with Crippen molar-refractivity contribution in [2.75, 3.05) is 7.05 Å². The average Bonchev–Trinajstić information content (AvgIpc) is 2.78. The van der Waals surface area contributed by atoms with E-state index < -0.39 is 0 Å². The predicted molar refractivity (Wildman–Crippen MR) is 59.4 cm³/mol. The third-order valence-corrected chi connectivity index (χ3v) is 2.47. The van der Waals surface area contributed by atoms with Gasteiger partial charge in [-0.25, -0.2) is 9.37 Å². The number of nitrogens with one attached hydrogen (secondary N) is 1. The van der Waals surface area contributed by atoms with Crippen LogP contribution in [0.4, 0.5) is 4.39 Å². The summed E-state index contributed by atoms with van der Waals surface area (Å²) in [4.78, 5) is 4.11. The molecule has 84 valence electrons. The number of hydrogen-bond acceptors (Lipinski definition) is 3. The molecule has 0 saturated carbocycles. The Kier molecular flexibility index (Phi) is 3.01. The third kappa shape index (κ3) is 1.97. The van der Waals surface area contributed by atoms with E-state index >= 15 is 0 Å². The molecule has 1 heterocycles. The molecule has 0 aliphatic rings. The molecule has 4 heteroatoms. The largest absolute Gasteiger partial charge is 0.439 e. The van der Waals surface area contributed by atoms with Gasteiger partial charge in [-0.05, 0) is 26.1 Å². The summed E-state index contributed by atoms with van der Waals surface area (Å²) in [6.07, 6.45) is 1.54. The van der Waals surface area contributed by atoms with Gasteiger partial charge in [-0.1, -0.05) is 12.1 Å². The summed E-state index contributed by atoms with van der Waals surface area (Å²) in [5.74, 6) is 0.707. The van der Waals surface area contributed by atoms with Crippen molar-refractivity contribution in [2.24, 2.45) is 0 Å². The Morgan fingerprint density at radius 1 is 1.38 bits per heavy atom. The molecular weight excluding hydrogens is 207 g/mol. The maximum Gasteiger partial charge on any atom is 0.211 e. The molecule has 0 aliphatic heterocycles. The van der Waals surface area contributed by atoms with Crippen LogP contribution in [0, 0.1) is 5.82 Å². The second-order valence-corrected chi connectivity index (χ2v) is 3.55. The number of hydrogen-bond donors (Lipinski definition) is 1. The lowest BCUT2D eigenvalue weighted by Gasteiger charge is -2.03. The molecule has 2 rings (SSSR count). The smallest absolute Gasteiger partial charge is 0.211 e. The molecule has 0 bridgehead atoms. The lowest BCUT2D eigenvalue weighted by Crippen LogP contribution is -2.12. The zero-order valence-corrected chi connectivity index (χ0v) is 9.20. The van der Waals surface area contributed by atoms with E-state index in [1.807, 2.05) is 14.0 Å². The van der Waals surface area contributed by atoms with Crippen LogP contribution in [-0.4, -0.2) is 12.0 Å². The molecule has 3 nitrogen and oxygen atoms in total. The first-order valence-electron chi connectivity index (χ1n) is 5.10. The number of oxazole rings is 1. The molecule has 1 N–H and O–H groups in total. The van der Waals surface area contributed by atoms with Crippen molar-refractivity contribution in [2.45, 2.75) is 13.0 Å². The summed E-state index contributed by atoms with van der Waals surface area (Å²) >= 11 is 0. The fourth-order valence-electron chi connectivity index (χ4n) is 1.40. The minimum atomic E-state index is -0.303. The molecule has 2 aromatic rings. The average molecular weight is 220 g/mol. The Morgan fingerprint density at radius 2 is 2.12 bits per heavy atom. The Balaban J connectivity index is 2.35. The van der Waals surface area contributed by atoms with Crippen molar-refractivity contribution in [3.8, 4) is 11.3 Å². The predicted octanol–water partition coefficient (Wildman–Crippen LogP) is 2.76. The van der Waals surface area contributed by atoms with Crippen molar-refractivity contribution >= 4 is 0 Å². The highest BCUT2D eigenvalue weighted by Gasteiger charge is 2.13. The van der Waals surface area contributed by atoms with E-state index in [1.165, 1.54) is 6.07 Å². The summed E-state index contributed by atoms with van der Waals surface area (Å²) in [6.45, 7) is 1.93. The summed E-state index contributed by atoms with van der Waals surface area (Å²) in [6, 6.07) is 6.50. The van der Waals surface area contributed by atoms with Crippen molar-refractivity contribution in [1.29, 1.82) is 0 Å². The lowest BCUT2D eigenvalue weighted by molar-refractivity contribution is 0.440. The van der Waals surface area contributed by atoms with Crippen LogP contribution in [0.2, 0.25) is 0 Å². The van der Waals surface area contributed by atoms with Crippen molar-refractivity contribution < 1.29 is 8.81 Å². The van der Waals surface area contributed by atoms with Crippen molar-refractivity contribution in [3.05, 3.63) is 42.2 Å². The minimum Gasteiger partial charge on any atom is -0.439 e. The van der Waals surface area contributed by atoms with Gasteiger partial charge in [0.25, 0.3) is 0 Å². The SMILES string of the molecule is CNC(C)c1ncc(-c2ccccc2F)o1. The fraction of sp³-hybridized carbons (Fsp3) is 0.250. The molecule has 0 radical (unpaired) electrons. The van der Waals surface area contributed by atoms with Crippen LogP contribution >= 0.6 is 0 Å². The maximum atomic E-state index is 13.5. The van der Waals surface area contributed by atoms with Gasteiger partial charge < -0.3 is 9.73 Å². The second-order valence-electron chi connectivity index (χ2n) is 3.55. The van der Waals surface area contributed by atoms with Gasteiger partial charge in [0.05, 0.1) is 17.8 Å². The van der Waals surface area contributed by atoms with E-state index in [1.54, 1.807) is 24.4 Å². The van der Waals surface area contributed by atoms with Gasteiger partial charge in [-0.15, -0.1) is 0 Å². The number of aromatic nitrogens is 1. The lowest BCUT2D eigenvalue weighted by atomic mass is 10.2. The molecule has 0 spiro atoms. The number of halogens is 1. The van der Waals surface area contributed by atoms with Crippen LogP contribution in [0.5, 0.6) is 0 Å². The normalized spacial score (nSPS) is 12.7. The molecule has 1 aromatic carbocycles. The van der Waals surface area contributed by atoms with E-state index in [4.69, 9.17) is 4.42 Å². The van der Waals surface area contributed by atoms with E-state index in [0.717, 1.165) is 0 Å². The minimum absolute atomic E-state index is 0.0144. The molecule has 0 fully saturated rings. The molecule has 0 saturated heterocycles. The highest BCUT2D eigenvalue weighted by atomic mass is 19.1. The van der Waals surface area contributed by atoms with E-state index in [2.05, 4.69) is 10.3 Å². The molecule has 0 amide bonds. The van der Waals surface area contributed by atoms with Crippen LogP contribution in [0.3, 0.4) is 0 Å².